The predicted octanol–water partition coefficient (Wildman–Crippen LogP) is 0.317. The fourth-order valence-corrected chi connectivity index (χ4v) is 3.68. The number of nitrogens with one attached hydrogen (secondary N) is 2. The second-order valence-electron chi connectivity index (χ2n) is 4.40. The van der Waals surface area contributed by atoms with Crippen LogP contribution in [-0.4, -0.2) is 33.3 Å². The van der Waals surface area contributed by atoms with Crippen molar-refractivity contribution in [2.75, 3.05) is 18.8 Å². The molecule has 1 heterocycles. The molecule has 0 saturated carbocycles. The maximum absolute atomic E-state index is 11.8. The van der Waals surface area contributed by atoms with Gasteiger partial charge in [0.1, 0.15) is 0 Å². The molecule has 1 saturated heterocycles. The van der Waals surface area contributed by atoms with Crippen LogP contribution in [0.2, 0.25) is 0 Å². The summed E-state index contributed by atoms with van der Waals surface area (Å²) in [4.78, 5) is 0. The monoisotopic (exact) mass is 244 g/mol. The van der Waals surface area contributed by atoms with Gasteiger partial charge in [0, 0.05) is 12.5 Å². The minimum atomic E-state index is -3.18. The highest BCUT2D eigenvalue weighted by molar-refractivity contribution is 7.89. The van der Waals surface area contributed by atoms with Crippen LogP contribution >= 0.6 is 0 Å². The summed E-state index contributed by atoms with van der Waals surface area (Å²) in [5.41, 5.74) is 0. The Morgan fingerprint density at radius 1 is 1.50 bits per heavy atom. The number of hydrogen-bond acceptors (Lipinski definition) is 3. The van der Waals surface area contributed by atoms with Crippen LogP contribution in [0, 0.1) is 18.3 Å². The number of piperidine rings is 1. The molecule has 0 radical (unpaired) electrons. The highest BCUT2D eigenvalue weighted by Gasteiger charge is 2.22. The van der Waals surface area contributed by atoms with Crippen molar-refractivity contribution >= 4 is 10.0 Å². The van der Waals surface area contributed by atoms with Crippen molar-refractivity contribution in [1.29, 1.82) is 0 Å². The van der Waals surface area contributed by atoms with E-state index in [9.17, 15) is 8.42 Å². The van der Waals surface area contributed by atoms with Gasteiger partial charge in [-0.05, 0) is 38.8 Å². The van der Waals surface area contributed by atoms with E-state index < -0.39 is 10.0 Å². The molecule has 0 aromatic heterocycles. The molecule has 1 aliphatic rings. The molecule has 1 atom stereocenters. The molecule has 0 amide bonds. The molecule has 0 aromatic carbocycles. The Balaban J connectivity index is 2.41. The lowest BCUT2D eigenvalue weighted by molar-refractivity contribution is 0.399. The summed E-state index contributed by atoms with van der Waals surface area (Å²) < 4.78 is 26.2. The Labute approximate surface area is 98.2 Å². The Morgan fingerprint density at radius 2 is 2.12 bits per heavy atom. The molecule has 0 aromatic rings. The van der Waals surface area contributed by atoms with Crippen molar-refractivity contribution in [3.8, 4) is 12.3 Å². The number of terminal acetylenes is 1. The molecule has 1 rings (SSSR count). The largest absolute Gasteiger partial charge is 0.317 e. The van der Waals surface area contributed by atoms with Gasteiger partial charge in [0.2, 0.25) is 10.0 Å². The molecule has 1 fully saturated rings. The lowest BCUT2D eigenvalue weighted by atomic mass is 10.0. The predicted molar refractivity (Wildman–Crippen MR) is 65.4 cm³/mol. The minimum Gasteiger partial charge on any atom is -0.317 e. The van der Waals surface area contributed by atoms with Crippen molar-refractivity contribution in [3.63, 3.8) is 0 Å². The third-order valence-electron chi connectivity index (χ3n) is 2.72. The van der Waals surface area contributed by atoms with Gasteiger partial charge in [-0.3, -0.25) is 0 Å². The standard InChI is InChI=1S/C11H20N2O2S/c1-3-4-10(2)13-16(14,15)9-11-5-7-12-8-6-11/h1,10-13H,4-9H2,2H3. The van der Waals surface area contributed by atoms with Gasteiger partial charge in [-0.1, -0.05) is 0 Å². The van der Waals surface area contributed by atoms with Crippen LogP contribution in [0.5, 0.6) is 0 Å². The van der Waals surface area contributed by atoms with E-state index in [4.69, 9.17) is 6.42 Å². The van der Waals surface area contributed by atoms with Gasteiger partial charge >= 0.3 is 0 Å². The third kappa shape index (κ3) is 4.97. The van der Waals surface area contributed by atoms with Crippen LogP contribution in [-0.2, 0) is 10.0 Å². The van der Waals surface area contributed by atoms with E-state index in [-0.39, 0.29) is 17.7 Å². The van der Waals surface area contributed by atoms with Crippen molar-refractivity contribution in [1.82, 2.24) is 10.0 Å². The summed E-state index contributed by atoms with van der Waals surface area (Å²) in [6.45, 7) is 3.63. The molecule has 2 N–H and O–H groups in total. The molecule has 0 aliphatic carbocycles. The number of sulfonamides is 1. The molecule has 4 nitrogen and oxygen atoms in total. The van der Waals surface area contributed by atoms with Crippen LogP contribution in [0.4, 0.5) is 0 Å². The van der Waals surface area contributed by atoms with Gasteiger partial charge in [0.25, 0.3) is 0 Å². The van der Waals surface area contributed by atoms with Crippen molar-refractivity contribution < 1.29 is 8.42 Å². The first-order chi connectivity index (χ1) is 7.53. The van der Waals surface area contributed by atoms with Crippen molar-refractivity contribution in [3.05, 3.63) is 0 Å². The van der Waals surface area contributed by atoms with E-state index in [1.807, 2.05) is 0 Å². The lowest BCUT2D eigenvalue weighted by Crippen LogP contribution is -2.39. The first kappa shape index (κ1) is 13.5. The topological polar surface area (TPSA) is 58.2 Å². The van der Waals surface area contributed by atoms with E-state index in [0.29, 0.717) is 6.42 Å². The van der Waals surface area contributed by atoms with Gasteiger partial charge in [0.15, 0.2) is 0 Å². The van der Waals surface area contributed by atoms with E-state index in [0.717, 1.165) is 25.9 Å². The Kier molecular flexibility index (Phi) is 5.26. The summed E-state index contributed by atoms with van der Waals surface area (Å²) in [5.74, 6) is 2.96. The average Bonchev–Trinajstić information content (AvgIpc) is 2.17. The maximum Gasteiger partial charge on any atom is 0.212 e. The second kappa shape index (κ2) is 6.24. The SMILES string of the molecule is C#CCC(C)NS(=O)(=O)CC1CCNCC1. The first-order valence-electron chi connectivity index (χ1n) is 5.67. The van der Waals surface area contributed by atoms with Gasteiger partial charge in [0.05, 0.1) is 5.75 Å². The van der Waals surface area contributed by atoms with E-state index in [1.54, 1.807) is 6.92 Å². The van der Waals surface area contributed by atoms with Gasteiger partial charge in [-0.25, -0.2) is 13.1 Å². The molecule has 16 heavy (non-hydrogen) atoms. The molecule has 92 valence electrons. The quantitative estimate of drug-likeness (QED) is 0.685. The van der Waals surface area contributed by atoms with E-state index in [1.165, 1.54) is 0 Å². The molecule has 0 bridgehead atoms. The van der Waals surface area contributed by atoms with Gasteiger partial charge in [-0.2, -0.15) is 0 Å². The van der Waals surface area contributed by atoms with Gasteiger partial charge < -0.3 is 5.32 Å². The third-order valence-corrected chi connectivity index (χ3v) is 4.39. The van der Waals surface area contributed by atoms with Gasteiger partial charge in [-0.15, -0.1) is 12.3 Å². The van der Waals surface area contributed by atoms with Crippen LogP contribution in [0.15, 0.2) is 0 Å². The van der Waals surface area contributed by atoms with E-state index in [2.05, 4.69) is 16.0 Å². The Morgan fingerprint density at radius 3 is 2.69 bits per heavy atom. The highest BCUT2D eigenvalue weighted by atomic mass is 32.2. The van der Waals surface area contributed by atoms with Crippen LogP contribution in [0.25, 0.3) is 0 Å². The van der Waals surface area contributed by atoms with Crippen LogP contribution in [0.3, 0.4) is 0 Å². The Hall–Kier alpha value is -0.570. The van der Waals surface area contributed by atoms with Crippen LogP contribution < -0.4 is 10.0 Å². The Bertz CT molecular complexity index is 339. The highest BCUT2D eigenvalue weighted by Crippen LogP contribution is 2.13. The summed E-state index contributed by atoms with van der Waals surface area (Å²) in [6, 6.07) is -0.170. The van der Waals surface area contributed by atoms with Crippen molar-refractivity contribution in [2.24, 2.45) is 5.92 Å². The zero-order chi connectivity index (χ0) is 12.0. The summed E-state index contributed by atoms with van der Waals surface area (Å²) in [5, 5.41) is 3.22. The van der Waals surface area contributed by atoms with E-state index >= 15 is 0 Å². The van der Waals surface area contributed by atoms with Crippen molar-refractivity contribution in [2.45, 2.75) is 32.2 Å². The molecule has 0 spiro atoms. The number of hydrogen-bond donors (Lipinski definition) is 2. The summed E-state index contributed by atoms with van der Waals surface area (Å²) in [7, 11) is -3.18. The molecule has 1 aliphatic heterocycles. The number of rotatable bonds is 5. The fourth-order valence-electron chi connectivity index (χ4n) is 1.93. The molecule has 1 unspecified atom stereocenters. The fraction of sp³-hybridized carbons (Fsp3) is 0.818. The lowest BCUT2D eigenvalue weighted by Gasteiger charge is -2.23. The molecular weight excluding hydrogens is 224 g/mol. The first-order valence-corrected chi connectivity index (χ1v) is 7.33. The zero-order valence-electron chi connectivity index (χ0n) is 9.70. The van der Waals surface area contributed by atoms with Crippen LogP contribution in [0.1, 0.15) is 26.2 Å². The minimum absolute atomic E-state index is 0.170. The second-order valence-corrected chi connectivity index (χ2v) is 6.20. The summed E-state index contributed by atoms with van der Waals surface area (Å²) in [6.07, 6.45) is 7.45. The maximum atomic E-state index is 11.8. The smallest absolute Gasteiger partial charge is 0.212 e. The zero-order valence-corrected chi connectivity index (χ0v) is 10.5. The normalized spacial score (nSPS) is 20.2. The molecule has 5 heteroatoms. The summed E-state index contributed by atoms with van der Waals surface area (Å²) >= 11 is 0. The molecular formula is C11H20N2O2S. The average molecular weight is 244 g/mol.